The lowest BCUT2D eigenvalue weighted by atomic mass is 9.85. The molecule has 3 heteroatoms. The Balaban J connectivity index is 2.82. The third kappa shape index (κ3) is 3.33. The van der Waals surface area contributed by atoms with Crippen LogP contribution in [-0.4, -0.2) is 22.2 Å². The van der Waals surface area contributed by atoms with Crippen molar-refractivity contribution < 1.29 is 9.90 Å². The van der Waals surface area contributed by atoms with E-state index in [9.17, 15) is 9.90 Å². The minimum Gasteiger partial charge on any atom is -0.388 e. The Morgan fingerprint density at radius 1 is 1.17 bits per heavy atom. The predicted molar refractivity (Wildman–Crippen MR) is 73.7 cm³/mol. The highest BCUT2D eigenvalue weighted by molar-refractivity contribution is 5.94. The van der Waals surface area contributed by atoms with E-state index in [2.05, 4.69) is 12.2 Å². The number of aryl methyl sites for hydroxylation is 1. The summed E-state index contributed by atoms with van der Waals surface area (Å²) in [6.45, 7) is 9.07. The number of carbonyl (C=O) groups is 1. The highest BCUT2D eigenvalue weighted by Gasteiger charge is 2.36. The van der Waals surface area contributed by atoms with Gasteiger partial charge in [-0.3, -0.25) is 4.79 Å². The average molecular weight is 249 g/mol. The van der Waals surface area contributed by atoms with E-state index in [0.29, 0.717) is 5.56 Å². The molecule has 0 radical (unpaired) electrons. The van der Waals surface area contributed by atoms with Crippen LogP contribution in [0.25, 0.3) is 0 Å². The molecule has 0 bridgehead atoms. The standard InChI is InChI=1S/C15H23NO2/c1-6-11-7-9-12(10-8-11)13(17)16-14(2,3)15(4,5)18/h7-10,18H,6H2,1-5H3,(H,16,17). The van der Waals surface area contributed by atoms with Gasteiger partial charge in [0.1, 0.15) is 0 Å². The van der Waals surface area contributed by atoms with Gasteiger partial charge >= 0.3 is 0 Å². The number of hydrogen-bond donors (Lipinski definition) is 2. The molecule has 0 spiro atoms. The van der Waals surface area contributed by atoms with Crippen LogP contribution in [0.1, 0.15) is 50.5 Å². The summed E-state index contributed by atoms with van der Waals surface area (Å²) in [4.78, 5) is 12.1. The number of hydrogen-bond acceptors (Lipinski definition) is 2. The van der Waals surface area contributed by atoms with Gasteiger partial charge in [-0.25, -0.2) is 0 Å². The molecule has 0 unspecified atom stereocenters. The molecule has 0 heterocycles. The van der Waals surface area contributed by atoms with Crippen molar-refractivity contribution in [3.05, 3.63) is 35.4 Å². The Hall–Kier alpha value is -1.35. The van der Waals surface area contributed by atoms with Crippen molar-refractivity contribution in [2.24, 2.45) is 0 Å². The quantitative estimate of drug-likeness (QED) is 0.861. The fourth-order valence-electron chi connectivity index (χ4n) is 1.40. The van der Waals surface area contributed by atoms with Crippen molar-refractivity contribution >= 4 is 5.91 Å². The van der Waals surface area contributed by atoms with E-state index in [-0.39, 0.29) is 5.91 Å². The monoisotopic (exact) mass is 249 g/mol. The molecule has 3 nitrogen and oxygen atoms in total. The van der Waals surface area contributed by atoms with Gasteiger partial charge in [-0.05, 0) is 51.8 Å². The summed E-state index contributed by atoms with van der Waals surface area (Å²) in [7, 11) is 0. The van der Waals surface area contributed by atoms with Gasteiger partial charge in [-0.1, -0.05) is 19.1 Å². The van der Waals surface area contributed by atoms with Gasteiger partial charge in [-0.15, -0.1) is 0 Å². The van der Waals surface area contributed by atoms with Crippen molar-refractivity contribution in [2.45, 2.75) is 52.2 Å². The van der Waals surface area contributed by atoms with Crippen molar-refractivity contribution in [1.29, 1.82) is 0 Å². The zero-order valence-electron chi connectivity index (χ0n) is 11.9. The molecule has 2 N–H and O–H groups in total. The minimum absolute atomic E-state index is 0.162. The number of amides is 1. The highest BCUT2D eigenvalue weighted by Crippen LogP contribution is 2.21. The SMILES string of the molecule is CCc1ccc(C(=O)NC(C)(C)C(C)(C)O)cc1. The van der Waals surface area contributed by atoms with Gasteiger partial charge in [-0.2, -0.15) is 0 Å². The lowest BCUT2D eigenvalue weighted by molar-refractivity contribution is -0.00292. The first-order valence-electron chi connectivity index (χ1n) is 6.31. The van der Waals surface area contributed by atoms with Crippen LogP contribution in [0.2, 0.25) is 0 Å². The topological polar surface area (TPSA) is 49.3 Å². The van der Waals surface area contributed by atoms with Crippen molar-refractivity contribution in [2.75, 3.05) is 0 Å². The molecule has 100 valence electrons. The molecule has 1 aromatic rings. The van der Waals surface area contributed by atoms with E-state index >= 15 is 0 Å². The van der Waals surface area contributed by atoms with E-state index in [1.165, 1.54) is 5.56 Å². The van der Waals surface area contributed by atoms with Crippen molar-refractivity contribution in [3.8, 4) is 0 Å². The molecule has 0 atom stereocenters. The maximum atomic E-state index is 12.1. The molecule has 0 fully saturated rings. The van der Waals surface area contributed by atoms with E-state index in [0.717, 1.165) is 6.42 Å². The van der Waals surface area contributed by atoms with Crippen LogP contribution in [-0.2, 0) is 6.42 Å². The van der Waals surface area contributed by atoms with Crippen LogP contribution in [0.4, 0.5) is 0 Å². The van der Waals surface area contributed by atoms with Crippen LogP contribution >= 0.6 is 0 Å². The summed E-state index contributed by atoms with van der Waals surface area (Å²) in [5.74, 6) is -0.162. The fraction of sp³-hybridized carbons (Fsp3) is 0.533. The molecule has 1 rings (SSSR count). The van der Waals surface area contributed by atoms with Gasteiger partial charge in [0.05, 0.1) is 11.1 Å². The van der Waals surface area contributed by atoms with Crippen LogP contribution in [0.15, 0.2) is 24.3 Å². The molecule has 0 saturated carbocycles. The normalized spacial score (nSPS) is 12.3. The Kier molecular flexibility index (Phi) is 4.17. The Bertz CT molecular complexity index is 413. The summed E-state index contributed by atoms with van der Waals surface area (Å²) < 4.78 is 0. The number of aliphatic hydroxyl groups is 1. The summed E-state index contributed by atoms with van der Waals surface area (Å²) >= 11 is 0. The lowest BCUT2D eigenvalue weighted by Crippen LogP contribution is -2.57. The fourth-order valence-corrected chi connectivity index (χ4v) is 1.40. The smallest absolute Gasteiger partial charge is 0.251 e. The Morgan fingerprint density at radius 3 is 2.06 bits per heavy atom. The molecule has 0 saturated heterocycles. The van der Waals surface area contributed by atoms with Crippen LogP contribution in [0, 0.1) is 0 Å². The molecule has 0 aliphatic carbocycles. The number of rotatable bonds is 4. The third-order valence-corrected chi connectivity index (χ3v) is 3.58. The molecular formula is C15H23NO2. The maximum Gasteiger partial charge on any atom is 0.251 e. The summed E-state index contributed by atoms with van der Waals surface area (Å²) in [6, 6.07) is 7.53. The average Bonchev–Trinajstić information content (AvgIpc) is 2.27. The predicted octanol–water partition coefficient (Wildman–Crippen LogP) is 2.53. The first-order chi connectivity index (χ1) is 8.17. The van der Waals surface area contributed by atoms with Crippen LogP contribution in [0.3, 0.4) is 0 Å². The van der Waals surface area contributed by atoms with E-state index in [1.807, 2.05) is 38.1 Å². The number of benzene rings is 1. The van der Waals surface area contributed by atoms with Gasteiger partial charge in [0, 0.05) is 5.56 Å². The molecule has 0 aliphatic heterocycles. The lowest BCUT2D eigenvalue weighted by Gasteiger charge is -2.38. The largest absolute Gasteiger partial charge is 0.388 e. The highest BCUT2D eigenvalue weighted by atomic mass is 16.3. The molecule has 1 amide bonds. The molecule has 0 aliphatic rings. The first kappa shape index (κ1) is 14.7. The van der Waals surface area contributed by atoms with Crippen molar-refractivity contribution in [1.82, 2.24) is 5.32 Å². The minimum atomic E-state index is -0.980. The summed E-state index contributed by atoms with van der Waals surface area (Å²) in [6.07, 6.45) is 0.955. The van der Waals surface area contributed by atoms with E-state index < -0.39 is 11.1 Å². The second-order valence-electron chi connectivity index (χ2n) is 5.69. The molecule has 1 aromatic carbocycles. The zero-order valence-corrected chi connectivity index (χ0v) is 11.9. The van der Waals surface area contributed by atoms with Gasteiger partial charge in [0.25, 0.3) is 5.91 Å². The van der Waals surface area contributed by atoms with Gasteiger partial charge < -0.3 is 10.4 Å². The van der Waals surface area contributed by atoms with E-state index in [1.54, 1.807) is 13.8 Å². The molecule has 0 aromatic heterocycles. The second-order valence-corrected chi connectivity index (χ2v) is 5.69. The molecular weight excluding hydrogens is 226 g/mol. The summed E-state index contributed by atoms with van der Waals surface area (Å²) in [5, 5.41) is 12.9. The first-order valence-corrected chi connectivity index (χ1v) is 6.31. The van der Waals surface area contributed by atoms with Crippen LogP contribution < -0.4 is 5.32 Å². The summed E-state index contributed by atoms with van der Waals surface area (Å²) in [5.41, 5.74) is 0.150. The van der Waals surface area contributed by atoms with Gasteiger partial charge in [0.2, 0.25) is 0 Å². The second kappa shape index (κ2) is 5.11. The molecule has 18 heavy (non-hydrogen) atoms. The maximum absolute atomic E-state index is 12.1. The van der Waals surface area contributed by atoms with E-state index in [4.69, 9.17) is 0 Å². The Labute approximate surface area is 109 Å². The number of nitrogens with one attached hydrogen (secondary N) is 1. The number of carbonyl (C=O) groups excluding carboxylic acids is 1. The van der Waals surface area contributed by atoms with Crippen LogP contribution in [0.5, 0.6) is 0 Å². The third-order valence-electron chi connectivity index (χ3n) is 3.58. The zero-order chi connectivity index (χ0) is 14.0. The Morgan fingerprint density at radius 2 is 1.67 bits per heavy atom. The van der Waals surface area contributed by atoms with Crippen molar-refractivity contribution in [3.63, 3.8) is 0 Å². The van der Waals surface area contributed by atoms with Gasteiger partial charge in [0.15, 0.2) is 0 Å².